The van der Waals surface area contributed by atoms with Crippen molar-refractivity contribution in [3.8, 4) is 0 Å². The first-order valence-electron chi connectivity index (χ1n) is 8.94. The van der Waals surface area contributed by atoms with Crippen LogP contribution >= 0.6 is 11.8 Å². The number of hydrogen-bond donors (Lipinski definition) is 1. The van der Waals surface area contributed by atoms with Gasteiger partial charge in [-0.05, 0) is 41.0 Å². The maximum atomic E-state index is 13.1. The minimum Gasteiger partial charge on any atom is -0.372 e. The summed E-state index contributed by atoms with van der Waals surface area (Å²) in [6, 6.07) is 10.2. The van der Waals surface area contributed by atoms with Gasteiger partial charge in [0.2, 0.25) is 0 Å². The van der Waals surface area contributed by atoms with E-state index in [1.165, 1.54) is 6.07 Å². The van der Waals surface area contributed by atoms with Crippen molar-refractivity contribution in [3.05, 3.63) is 64.7 Å². The van der Waals surface area contributed by atoms with E-state index in [1.807, 2.05) is 18.2 Å². The Labute approximate surface area is 165 Å². The summed E-state index contributed by atoms with van der Waals surface area (Å²) in [6.07, 6.45) is -4.41. The molecule has 0 spiro atoms. The van der Waals surface area contributed by atoms with Crippen LogP contribution in [-0.2, 0) is 24.1 Å². The molecule has 0 aromatic heterocycles. The molecule has 0 saturated carbocycles. The predicted molar refractivity (Wildman–Crippen MR) is 102 cm³/mol. The van der Waals surface area contributed by atoms with Gasteiger partial charge in [0, 0.05) is 23.7 Å². The molecule has 28 heavy (non-hydrogen) atoms. The van der Waals surface area contributed by atoms with Crippen molar-refractivity contribution < 1.29 is 22.7 Å². The summed E-state index contributed by atoms with van der Waals surface area (Å²) >= 11 is 1.64. The quantitative estimate of drug-likeness (QED) is 0.756. The second-order valence-corrected chi connectivity index (χ2v) is 7.96. The monoisotopic (exact) mass is 408 g/mol. The second kappa shape index (κ2) is 7.67. The fourth-order valence-corrected chi connectivity index (χ4v) is 4.58. The molecule has 4 rings (SSSR count). The molecule has 1 saturated heterocycles. The number of carbonyl (C=O) groups is 1. The van der Waals surface area contributed by atoms with E-state index in [1.54, 1.807) is 22.7 Å². The normalized spacial score (nSPS) is 19.4. The first-order valence-corrected chi connectivity index (χ1v) is 10.1. The minimum absolute atomic E-state index is 0.304. The van der Waals surface area contributed by atoms with Gasteiger partial charge in [-0.1, -0.05) is 18.2 Å². The van der Waals surface area contributed by atoms with Gasteiger partial charge in [0.05, 0.1) is 24.8 Å². The lowest BCUT2D eigenvalue weighted by molar-refractivity contribution is -0.137. The van der Waals surface area contributed by atoms with E-state index in [0.29, 0.717) is 36.8 Å². The average Bonchev–Trinajstić information content (AvgIpc) is 3.15. The smallest absolute Gasteiger partial charge is 0.372 e. The van der Waals surface area contributed by atoms with Crippen LogP contribution in [0.3, 0.4) is 0 Å². The van der Waals surface area contributed by atoms with Gasteiger partial charge < -0.3 is 15.0 Å². The number of rotatable bonds is 2. The van der Waals surface area contributed by atoms with Gasteiger partial charge in [-0.3, -0.25) is 0 Å². The summed E-state index contributed by atoms with van der Waals surface area (Å²) in [6.45, 7) is 1.57. The summed E-state index contributed by atoms with van der Waals surface area (Å²) in [4.78, 5) is 14.5. The number of hydrogen-bond acceptors (Lipinski definition) is 3. The molecule has 2 aromatic carbocycles. The number of ether oxygens (including phenoxy) is 1. The van der Waals surface area contributed by atoms with E-state index in [-0.39, 0.29) is 6.03 Å². The molecule has 1 unspecified atom stereocenters. The van der Waals surface area contributed by atoms with Crippen LogP contribution in [0, 0.1) is 0 Å². The van der Waals surface area contributed by atoms with Crippen LogP contribution < -0.4 is 5.32 Å². The number of carbonyl (C=O) groups excluding carboxylic acids is 1. The number of thioether (sulfide) groups is 1. The SMILES string of the molecule is O=C(Nc1ccc2c(c1)COC2)N1CCSCC1c1cccc(C(F)(F)F)c1. The van der Waals surface area contributed by atoms with Crippen LogP contribution in [0.4, 0.5) is 23.7 Å². The number of halogens is 3. The van der Waals surface area contributed by atoms with Gasteiger partial charge in [-0.2, -0.15) is 24.9 Å². The van der Waals surface area contributed by atoms with Gasteiger partial charge in [0.15, 0.2) is 0 Å². The maximum absolute atomic E-state index is 13.1. The molecular formula is C20H19F3N2O2S. The Bertz CT molecular complexity index is 888. The molecule has 0 bridgehead atoms. The molecule has 2 aromatic rings. The zero-order valence-corrected chi connectivity index (χ0v) is 15.8. The highest BCUT2D eigenvalue weighted by atomic mass is 32.2. The zero-order valence-electron chi connectivity index (χ0n) is 15.0. The fourth-order valence-electron chi connectivity index (χ4n) is 3.49. The molecule has 0 radical (unpaired) electrons. The molecule has 2 aliphatic heterocycles. The number of urea groups is 1. The molecule has 2 amide bonds. The molecule has 1 N–H and O–H groups in total. The van der Waals surface area contributed by atoms with Crippen molar-refractivity contribution >= 4 is 23.5 Å². The topological polar surface area (TPSA) is 41.6 Å². The molecule has 0 aliphatic carbocycles. The summed E-state index contributed by atoms with van der Waals surface area (Å²) in [5.74, 6) is 1.31. The van der Waals surface area contributed by atoms with Gasteiger partial charge >= 0.3 is 12.2 Å². The lowest BCUT2D eigenvalue weighted by Gasteiger charge is -2.36. The summed E-state index contributed by atoms with van der Waals surface area (Å²) in [7, 11) is 0. The Morgan fingerprint density at radius 3 is 2.79 bits per heavy atom. The number of alkyl halides is 3. The Kier molecular flexibility index (Phi) is 5.25. The Morgan fingerprint density at radius 1 is 1.14 bits per heavy atom. The first-order chi connectivity index (χ1) is 13.4. The van der Waals surface area contributed by atoms with Crippen molar-refractivity contribution in [2.24, 2.45) is 0 Å². The summed E-state index contributed by atoms with van der Waals surface area (Å²) in [5.41, 5.74) is 2.62. The van der Waals surface area contributed by atoms with Crippen molar-refractivity contribution in [1.82, 2.24) is 4.90 Å². The zero-order chi connectivity index (χ0) is 19.7. The molecule has 1 atom stereocenters. The molecule has 148 valence electrons. The minimum atomic E-state index is -4.41. The highest BCUT2D eigenvalue weighted by molar-refractivity contribution is 7.99. The second-order valence-electron chi connectivity index (χ2n) is 6.81. The van der Waals surface area contributed by atoms with E-state index in [9.17, 15) is 18.0 Å². The van der Waals surface area contributed by atoms with Crippen LogP contribution in [-0.4, -0.2) is 29.0 Å². The highest BCUT2D eigenvalue weighted by Gasteiger charge is 2.33. The Hall–Kier alpha value is -2.19. The third-order valence-corrected chi connectivity index (χ3v) is 5.98. The fraction of sp³-hybridized carbons (Fsp3) is 0.350. The Balaban J connectivity index is 1.54. The molecule has 2 heterocycles. The van der Waals surface area contributed by atoms with Crippen LogP contribution in [0.25, 0.3) is 0 Å². The van der Waals surface area contributed by atoms with Crippen LogP contribution in [0.15, 0.2) is 42.5 Å². The van der Waals surface area contributed by atoms with Gasteiger partial charge in [0.25, 0.3) is 0 Å². The standard InChI is InChI=1S/C20H19F3N2O2S/c21-20(22,23)16-3-1-2-13(8-16)18-12-28-7-6-25(18)19(26)24-17-5-4-14-10-27-11-15(14)9-17/h1-5,8-9,18H,6-7,10-12H2,(H,24,26). The third kappa shape index (κ3) is 3.98. The number of amides is 2. The number of nitrogens with zero attached hydrogens (tertiary/aromatic N) is 1. The van der Waals surface area contributed by atoms with Crippen molar-refractivity contribution in [3.63, 3.8) is 0 Å². The van der Waals surface area contributed by atoms with Crippen LogP contribution in [0.2, 0.25) is 0 Å². The van der Waals surface area contributed by atoms with E-state index < -0.39 is 17.8 Å². The average molecular weight is 408 g/mol. The van der Waals surface area contributed by atoms with Gasteiger partial charge in [0.1, 0.15) is 0 Å². The summed E-state index contributed by atoms with van der Waals surface area (Å²) in [5, 5.41) is 2.89. The van der Waals surface area contributed by atoms with Crippen molar-refractivity contribution in [2.45, 2.75) is 25.4 Å². The maximum Gasteiger partial charge on any atom is 0.416 e. The van der Waals surface area contributed by atoms with Crippen LogP contribution in [0.5, 0.6) is 0 Å². The molecule has 1 fully saturated rings. The lowest BCUT2D eigenvalue weighted by atomic mass is 10.0. The van der Waals surface area contributed by atoms with Crippen LogP contribution in [0.1, 0.15) is 28.3 Å². The number of benzene rings is 2. The Morgan fingerprint density at radius 2 is 1.96 bits per heavy atom. The van der Waals surface area contributed by atoms with E-state index in [2.05, 4.69) is 5.32 Å². The number of fused-ring (bicyclic) bond motifs is 1. The van der Waals surface area contributed by atoms with Gasteiger partial charge in [-0.15, -0.1) is 0 Å². The number of nitrogens with one attached hydrogen (secondary N) is 1. The third-order valence-electron chi connectivity index (χ3n) is 4.96. The van der Waals surface area contributed by atoms with E-state index in [0.717, 1.165) is 29.0 Å². The lowest BCUT2D eigenvalue weighted by Crippen LogP contribution is -2.43. The molecular weight excluding hydrogens is 389 g/mol. The van der Waals surface area contributed by atoms with Gasteiger partial charge in [-0.25, -0.2) is 4.79 Å². The van der Waals surface area contributed by atoms with E-state index >= 15 is 0 Å². The summed E-state index contributed by atoms with van der Waals surface area (Å²) < 4.78 is 44.6. The first kappa shape index (κ1) is 19.1. The predicted octanol–water partition coefficient (Wildman–Crippen LogP) is 5.06. The van der Waals surface area contributed by atoms with E-state index in [4.69, 9.17) is 4.74 Å². The molecule has 8 heteroatoms. The van der Waals surface area contributed by atoms with Crippen molar-refractivity contribution in [1.29, 1.82) is 0 Å². The number of anilines is 1. The molecule has 4 nitrogen and oxygen atoms in total. The molecule has 2 aliphatic rings. The highest BCUT2D eigenvalue weighted by Crippen LogP contribution is 2.35. The largest absolute Gasteiger partial charge is 0.416 e. The van der Waals surface area contributed by atoms with Crippen molar-refractivity contribution in [2.75, 3.05) is 23.4 Å².